The lowest BCUT2D eigenvalue weighted by Crippen LogP contribution is -2.71. The number of ether oxygens (including phenoxy) is 1. The molecule has 0 saturated carbocycles. The SMILES string of the molecule is O=C(COc1ccccc1)NC1NC(=O)C2NCNC2N1. The topological polar surface area (TPSA) is 104 Å². The Morgan fingerprint density at radius 1 is 1.29 bits per heavy atom. The number of fused-ring (bicyclic) bond motifs is 1. The molecule has 2 heterocycles. The monoisotopic (exact) mass is 291 g/mol. The summed E-state index contributed by atoms with van der Waals surface area (Å²) in [6.07, 6.45) is -0.808. The Hall–Kier alpha value is -2.16. The summed E-state index contributed by atoms with van der Waals surface area (Å²) in [5.74, 6) is 0.147. The van der Waals surface area contributed by atoms with Crippen LogP contribution in [0.4, 0.5) is 0 Å². The van der Waals surface area contributed by atoms with Gasteiger partial charge in [-0.05, 0) is 12.1 Å². The van der Waals surface area contributed by atoms with Crippen LogP contribution in [0.25, 0.3) is 0 Å². The molecule has 0 aliphatic carbocycles. The molecule has 8 nitrogen and oxygen atoms in total. The van der Waals surface area contributed by atoms with Gasteiger partial charge in [-0.15, -0.1) is 0 Å². The van der Waals surface area contributed by atoms with Crippen molar-refractivity contribution < 1.29 is 14.3 Å². The van der Waals surface area contributed by atoms with Crippen LogP contribution in [0.15, 0.2) is 30.3 Å². The van der Waals surface area contributed by atoms with Crippen LogP contribution >= 0.6 is 0 Å². The molecule has 2 amide bonds. The van der Waals surface area contributed by atoms with Crippen LogP contribution in [0.3, 0.4) is 0 Å². The van der Waals surface area contributed by atoms with E-state index in [0.29, 0.717) is 12.4 Å². The highest BCUT2D eigenvalue weighted by molar-refractivity contribution is 5.85. The molecular weight excluding hydrogens is 274 g/mol. The van der Waals surface area contributed by atoms with Crippen molar-refractivity contribution in [2.45, 2.75) is 18.5 Å². The van der Waals surface area contributed by atoms with Gasteiger partial charge in [0.2, 0.25) is 5.91 Å². The van der Waals surface area contributed by atoms with Gasteiger partial charge in [0.15, 0.2) is 12.9 Å². The van der Waals surface area contributed by atoms with Crippen LogP contribution in [0.5, 0.6) is 5.75 Å². The van der Waals surface area contributed by atoms with Crippen molar-refractivity contribution in [2.24, 2.45) is 0 Å². The average molecular weight is 291 g/mol. The first-order valence-electron chi connectivity index (χ1n) is 6.73. The maximum Gasteiger partial charge on any atom is 0.260 e. The molecule has 3 unspecified atom stereocenters. The van der Waals surface area contributed by atoms with Crippen LogP contribution in [0, 0.1) is 0 Å². The van der Waals surface area contributed by atoms with Crippen LogP contribution < -0.4 is 31.3 Å². The summed E-state index contributed by atoms with van der Waals surface area (Å²) >= 11 is 0. The van der Waals surface area contributed by atoms with Crippen molar-refractivity contribution >= 4 is 11.8 Å². The van der Waals surface area contributed by atoms with E-state index < -0.39 is 6.29 Å². The summed E-state index contributed by atoms with van der Waals surface area (Å²) in [4.78, 5) is 23.6. The first-order valence-corrected chi connectivity index (χ1v) is 6.73. The Labute approximate surface area is 121 Å². The van der Waals surface area contributed by atoms with E-state index in [1.807, 2.05) is 18.2 Å². The molecule has 8 heteroatoms. The third-order valence-electron chi connectivity index (χ3n) is 3.31. The van der Waals surface area contributed by atoms with Gasteiger partial charge in [0.05, 0.1) is 6.17 Å². The van der Waals surface area contributed by atoms with E-state index in [-0.39, 0.29) is 30.6 Å². The smallest absolute Gasteiger partial charge is 0.260 e. The van der Waals surface area contributed by atoms with Crippen LogP contribution in [0.1, 0.15) is 0 Å². The van der Waals surface area contributed by atoms with Gasteiger partial charge in [-0.25, -0.2) is 0 Å². The van der Waals surface area contributed by atoms with Crippen molar-refractivity contribution in [2.75, 3.05) is 13.3 Å². The summed E-state index contributed by atoms with van der Waals surface area (Å²) in [7, 11) is 0. The minimum Gasteiger partial charge on any atom is -0.484 e. The van der Waals surface area contributed by atoms with Gasteiger partial charge in [-0.3, -0.25) is 25.5 Å². The number of carbonyl (C=O) groups is 2. The number of benzene rings is 1. The number of rotatable bonds is 4. The molecule has 21 heavy (non-hydrogen) atoms. The highest BCUT2D eigenvalue weighted by Crippen LogP contribution is 2.07. The Balaban J connectivity index is 1.47. The minimum atomic E-state index is -0.613. The predicted molar refractivity (Wildman–Crippen MR) is 73.9 cm³/mol. The Morgan fingerprint density at radius 3 is 2.90 bits per heavy atom. The summed E-state index contributed by atoms with van der Waals surface area (Å²) in [6, 6.07) is 8.75. The van der Waals surface area contributed by atoms with Gasteiger partial charge in [-0.2, -0.15) is 0 Å². The Morgan fingerprint density at radius 2 is 2.10 bits per heavy atom. The molecule has 112 valence electrons. The van der Waals surface area contributed by atoms with Crippen LogP contribution in [0.2, 0.25) is 0 Å². The molecule has 2 aliphatic rings. The molecule has 1 aromatic carbocycles. The summed E-state index contributed by atoms with van der Waals surface area (Å²) in [5.41, 5.74) is 0. The molecule has 2 aliphatic heterocycles. The second-order valence-electron chi connectivity index (χ2n) is 4.82. The normalized spacial score (nSPS) is 27.6. The number of nitrogens with one attached hydrogen (secondary N) is 5. The lowest BCUT2D eigenvalue weighted by molar-refractivity contribution is -0.129. The molecule has 0 spiro atoms. The maximum atomic E-state index is 11.8. The third-order valence-corrected chi connectivity index (χ3v) is 3.31. The molecular formula is C13H17N5O3. The summed E-state index contributed by atoms with van der Waals surface area (Å²) in [5, 5.41) is 14.5. The number of carbonyl (C=O) groups excluding carboxylic acids is 2. The fourth-order valence-corrected chi connectivity index (χ4v) is 2.31. The van der Waals surface area contributed by atoms with Gasteiger partial charge in [0.25, 0.3) is 5.91 Å². The van der Waals surface area contributed by atoms with Gasteiger partial charge in [0.1, 0.15) is 11.8 Å². The average Bonchev–Trinajstić information content (AvgIpc) is 2.95. The van der Waals surface area contributed by atoms with Gasteiger partial charge in [-0.1, -0.05) is 18.2 Å². The van der Waals surface area contributed by atoms with Crippen LogP contribution in [-0.2, 0) is 9.59 Å². The molecule has 0 aromatic heterocycles. The first-order chi connectivity index (χ1) is 10.2. The Kier molecular flexibility index (Phi) is 4.00. The molecule has 3 rings (SSSR count). The molecule has 0 radical (unpaired) electrons. The van der Waals surface area contributed by atoms with E-state index in [1.54, 1.807) is 12.1 Å². The highest BCUT2D eigenvalue weighted by Gasteiger charge is 2.39. The standard InChI is InChI=1S/C13H17N5O3/c19-9(6-21-8-4-2-1-3-5-8)16-13-17-11-10(12(20)18-13)14-7-15-11/h1-5,10-11,13-15,17H,6-7H2,(H,16,19)(H,18,20). The highest BCUT2D eigenvalue weighted by atomic mass is 16.5. The van der Waals surface area contributed by atoms with Crippen molar-refractivity contribution in [1.82, 2.24) is 26.6 Å². The van der Waals surface area contributed by atoms with E-state index in [2.05, 4.69) is 26.6 Å². The maximum absolute atomic E-state index is 11.8. The lowest BCUT2D eigenvalue weighted by Gasteiger charge is -2.33. The second kappa shape index (κ2) is 6.08. The number of hydrogen-bond donors (Lipinski definition) is 5. The van der Waals surface area contributed by atoms with E-state index in [0.717, 1.165) is 0 Å². The molecule has 3 atom stereocenters. The zero-order chi connectivity index (χ0) is 14.7. The van der Waals surface area contributed by atoms with Crippen molar-refractivity contribution in [3.8, 4) is 5.75 Å². The molecule has 1 aromatic rings. The zero-order valence-electron chi connectivity index (χ0n) is 11.3. The van der Waals surface area contributed by atoms with Crippen LogP contribution in [-0.4, -0.2) is 43.6 Å². The van der Waals surface area contributed by atoms with E-state index in [9.17, 15) is 9.59 Å². The first kappa shape index (κ1) is 13.8. The van der Waals surface area contributed by atoms with E-state index in [4.69, 9.17) is 4.74 Å². The number of hydrogen-bond acceptors (Lipinski definition) is 6. The quantitative estimate of drug-likeness (QED) is 0.441. The van der Waals surface area contributed by atoms with Gasteiger partial charge in [0, 0.05) is 6.67 Å². The molecule has 2 fully saturated rings. The minimum absolute atomic E-state index is 0.113. The van der Waals surface area contributed by atoms with Gasteiger partial charge < -0.3 is 15.4 Å². The fourth-order valence-electron chi connectivity index (χ4n) is 2.31. The van der Waals surface area contributed by atoms with Crippen molar-refractivity contribution in [1.29, 1.82) is 0 Å². The largest absolute Gasteiger partial charge is 0.484 e. The summed E-state index contributed by atoms with van der Waals surface area (Å²) in [6.45, 7) is 0.436. The zero-order valence-corrected chi connectivity index (χ0v) is 11.3. The molecule has 5 N–H and O–H groups in total. The molecule has 2 saturated heterocycles. The van der Waals surface area contributed by atoms with Crippen molar-refractivity contribution in [3.05, 3.63) is 30.3 Å². The molecule has 0 bridgehead atoms. The third kappa shape index (κ3) is 3.30. The number of para-hydroxylation sites is 1. The van der Waals surface area contributed by atoms with E-state index >= 15 is 0 Å². The number of amides is 2. The summed E-state index contributed by atoms with van der Waals surface area (Å²) < 4.78 is 5.34. The van der Waals surface area contributed by atoms with E-state index in [1.165, 1.54) is 0 Å². The van der Waals surface area contributed by atoms with Gasteiger partial charge >= 0.3 is 0 Å². The fraction of sp³-hybridized carbons (Fsp3) is 0.385. The van der Waals surface area contributed by atoms with Crippen molar-refractivity contribution in [3.63, 3.8) is 0 Å². The predicted octanol–water partition coefficient (Wildman–Crippen LogP) is -1.97. The Bertz CT molecular complexity index is 524. The second-order valence-corrected chi connectivity index (χ2v) is 4.82. The lowest BCUT2D eigenvalue weighted by atomic mass is 10.2.